The van der Waals surface area contributed by atoms with Crippen LogP contribution in [0.25, 0.3) is 11.5 Å². The van der Waals surface area contributed by atoms with E-state index in [0.29, 0.717) is 17.2 Å². The summed E-state index contributed by atoms with van der Waals surface area (Å²) in [5.41, 5.74) is 0.432. The fraction of sp³-hybridized carbons (Fsp3) is 0.100. The van der Waals surface area contributed by atoms with E-state index in [4.69, 9.17) is 4.42 Å². The van der Waals surface area contributed by atoms with Crippen molar-refractivity contribution in [3.63, 3.8) is 0 Å². The Labute approximate surface area is 94.3 Å². The molecule has 0 aliphatic heterocycles. The third-order valence-corrected chi connectivity index (χ3v) is 2.70. The fourth-order valence-corrected chi connectivity index (χ4v) is 1.87. The van der Waals surface area contributed by atoms with E-state index >= 15 is 0 Å². The quantitative estimate of drug-likeness (QED) is 0.755. The summed E-state index contributed by atoms with van der Waals surface area (Å²) < 4.78 is 19.5. The highest BCUT2D eigenvalue weighted by Crippen LogP contribution is 2.27. The molecule has 2 rings (SSSR count). The standard InChI is InChI=1S/C10H7FINO/c1-6-5-13-10(14-6)9-7(11)3-2-4-8(9)12/h2-5H,1H3. The lowest BCUT2D eigenvalue weighted by molar-refractivity contribution is 0.534. The topological polar surface area (TPSA) is 26.0 Å². The highest BCUT2D eigenvalue weighted by molar-refractivity contribution is 14.1. The first-order valence-corrected chi connectivity index (χ1v) is 5.13. The molecular formula is C10H7FINO. The van der Waals surface area contributed by atoms with E-state index < -0.39 is 0 Å². The summed E-state index contributed by atoms with van der Waals surface area (Å²) in [4.78, 5) is 4.00. The van der Waals surface area contributed by atoms with Crippen molar-refractivity contribution in [2.45, 2.75) is 6.92 Å². The van der Waals surface area contributed by atoms with Crippen LogP contribution in [-0.2, 0) is 0 Å². The Morgan fingerprint density at radius 1 is 1.43 bits per heavy atom. The molecule has 0 atom stereocenters. The second kappa shape index (κ2) is 3.68. The number of aromatic nitrogens is 1. The number of halogens is 2. The molecule has 0 amide bonds. The molecule has 1 heterocycles. The van der Waals surface area contributed by atoms with E-state index in [1.54, 1.807) is 19.2 Å². The average Bonchev–Trinajstić information content (AvgIpc) is 2.51. The van der Waals surface area contributed by atoms with Crippen LogP contribution in [0.3, 0.4) is 0 Å². The van der Waals surface area contributed by atoms with Crippen molar-refractivity contribution in [1.29, 1.82) is 0 Å². The zero-order chi connectivity index (χ0) is 10.1. The van der Waals surface area contributed by atoms with Crippen LogP contribution in [0.5, 0.6) is 0 Å². The van der Waals surface area contributed by atoms with Crippen molar-refractivity contribution < 1.29 is 8.81 Å². The van der Waals surface area contributed by atoms with Crippen LogP contribution >= 0.6 is 22.6 Å². The van der Waals surface area contributed by atoms with E-state index in [1.807, 2.05) is 6.07 Å². The van der Waals surface area contributed by atoms with Crippen molar-refractivity contribution in [2.24, 2.45) is 0 Å². The van der Waals surface area contributed by atoms with Crippen molar-refractivity contribution in [3.8, 4) is 11.5 Å². The SMILES string of the molecule is Cc1cnc(-c2c(F)cccc2I)o1. The third kappa shape index (κ3) is 1.66. The summed E-state index contributed by atoms with van der Waals surface area (Å²) in [5, 5.41) is 0. The molecule has 0 saturated carbocycles. The number of rotatable bonds is 1. The third-order valence-electron chi connectivity index (χ3n) is 1.80. The molecule has 0 aliphatic carbocycles. The number of hydrogen-bond acceptors (Lipinski definition) is 2. The maximum atomic E-state index is 13.4. The lowest BCUT2D eigenvalue weighted by Crippen LogP contribution is -1.87. The van der Waals surface area contributed by atoms with Gasteiger partial charge in [-0.2, -0.15) is 0 Å². The molecule has 0 aliphatic rings. The number of benzene rings is 1. The molecule has 0 N–H and O–H groups in total. The molecule has 1 aromatic heterocycles. The van der Waals surface area contributed by atoms with Gasteiger partial charge in [0.05, 0.1) is 11.8 Å². The molecule has 0 fully saturated rings. The zero-order valence-electron chi connectivity index (χ0n) is 7.42. The molecule has 0 unspecified atom stereocenters. The van der Waals surface area contributed by atoms with Gasteiger partial charge in [-0.25, -0.2) is 9.37 Å². The Morgan fingerprint density at radius 3 is 2.79 bits per heavy atom. The Hall–Kier alpha value is -0.910. The van der Waals surface area contributed by atoms with E-state index in [-0.39, 0.29) is 5.82 Å². The second-order valence-electron chi connectivity index (χ2n) is 2.87. The molecule has 2 nitrogen and oxygen atoms in total. The van der Waals surface area contributed by atoms with E-state index in [1.165, 1.54) is 6.07 Å². The van der Waals surface area contributed by atoms with E-state index in [9.17, 15) is 4.39 Å². The maximum absolute atomic E-state index is 13.4. The van der Waals surface area contributed by atoms with Crippen molar-refractivity contribution in [1.82, 2.24) is 4.98 Å². The monoisotopic (exact) mass is 303 g/mol. The molecule has 2 aromatic rings. The van der Waals surface area contributed by atoms with E-state index in [0.717, 1.165) is 3.57 Å². The second-order valence-corrected chi connectivity index (χ2v) is 4.03. The van der Waals surface area contributed by atoms with Crippen LogP contribution in [0.15, 0.2) is 28.8 Å². The Kier molecular flexibility index (Phi) is 2.54. The Morgan fingerprint density at radius 2 is 2.21 bits per heavy atom. The Bertz CT molecular complexity index is 447. The number of oxazole rings is 1. The van der Waals surface area contributed by atoms with Crippen LogP contribution < -0.4 is 0 Å². The first kappa shape index (κ1) is 9.64. The minimum Gasteiger partial charge on any atom is -0.441 e. The van der Waals surface area contributed by atoms with E-state index in [2.05, 4.69) is 27.6 Å². The van der Waals surface area contributed by atoms with Gasteiger partial charge in [-0.15, -0.1) is 0 Å². The number of aryl methyl sites for hydroxylation is 1. The summed E-state index contributed by atoms with van der Waals surface area (Å²) in [6.07, 6.45) is 1.58. The minimum atomic E-state index is -0.307. The molecule has 1 aromatic carbocycles. The largest absolute Gasteiger partial charge is 0.441 e. The summed E-state index contributed by atoms with van der Waals surface area (Å²) >= 11 is 2.06. The van der Waals surface area contributed by atoms with Crippen molar-refractivity contribution in [2.75, 3.05) is 0 Å². The smallest absolute Gasteiger partial charge is 0.230 e. The molecule has 4 heteroatoms. The Balaban J connectivity index is 2.61. The van der Waals surface area contributed by atoms with Crippen LogP contribution in [0.2, 0.25) is 0 Å². The molecule has 72 valence electrons. The van der Waals surface area contributed by atoms with Crippen LogP contribution in [0.1, 0.15) is 5.76 Å². The predicted octanol–water partition coefficient (Wildman–Crippen LogP) is 3.39. The van der Waals surface area contributed by atoms with Gasteiger partial charge in [0.2, 0.25) is 5.89 Å². The summed E-state index contributed by atoms with van der Waals surface area (Å²) in [6.45, 7) is 1.78. The van der Waals surface area contributed by atoms with Crippen LogP contribution in [0.4, 0.5) is 4.39 Å². The molecule has 0 radical (unpaired) electrons. The van der Waals surface area contributed by atoms with Gasteiger partial charge in [0.25, 0.3) is 0 Å². The first-order valence-electron chi connectivity index (χ1n) is 4.05. The lowest BCUT2D eigenvalue weighted by atomic mass is 10.2. The minimum absolute atomic E-state index is 0.307. The van der Waals surface area contributed by atoms with Gasteiger partial charge < -0.3 is 4.42 Å². The normalized spacial score (nSPS) is 10.5. The highest BCUT2D eigenvalue weighted by atomic mass is 127. The van der Waals surface area contributed by atoms with Gasteiger partial charge >= 0.3 is 0 Å². The van der Waals surface area contributed by atoms with Gasteiger partial charge in [-0.3, -0.25) is 0 Å². The van der Waals surface area contributed by atoms with Crippen molar-refractivity contribution in [3.05, 3.63) is 39.5 Å². The van der Waals surface area contributed by atoms with Gasteiger partial charge in [0.1, 0.15) is 11.6 Å². The lowest BCUT2D eigenvalue weighted by Gasteiger charge is -2.00. The fourth-order valence-electron chi connectivity index (χ4n) is 1.17. The molecule has 0 bridgehead atoms. The van der Waals surface area contributed by atoms with Crippen LogP contribution in [-0.4, -0.2) is 4.98 Å². The first-order chi connectivity index (χ1) is 6.68. The van der Waals surface area contributed by atoms with Gasteiger partial charge in [-0.05, 0) is 41.6 Å². The van der Waals surface area contributed by atoms with Gasteiger partial charge in [0.15, 0.2) is 0 Å². The van der Waals surface area contributed by atoms with Crippen molar-refractivity contribution >= 4 is 22.6 Å². The molecule has 0 spiro atoms. The highest BCUT2D eigenvalue weighted by Gasteiger charge is 2.13. The molecule has 0 saturated heterocycles. The molecular weight excluding hydrogens is 296 g/mol. The predicted molar refractivity (Wildman–Crippen MR) is 59.4 cm³/mol. The zero-order valence-corrected chi connectivity index (χ0v) is 9.58. The maximum Gasteiger partial charge on any atom is 0.230 e. The summed E-state index contributed by atoms with van der Waals surface area (Å²) in [5.74, 6) is 0.711. The van der Waals surface area contributed by atoms with Gasteiger partial charge in [0, 0.05) is 3.57 Å². The number of hydrogen-bond donors (Lipinski definition) is 0. The number of nitrogens with zero attached hydrogens (tertiary/aromatic N) is 1. The molecule has 14 heavy (non-hydrogen) atoms. The summed E-state index contributed by atoms with van der Waals surface area (Å²) in [6, 6.07) is 4.88. The van der Waals surface area contributed by atoms with Crippen LogP contribution in [0, 0.1) is 16.3 Å². The van der Waals surface area contributed by atoms with Gasteiger partial charge in [-0.1, -0.05) is 6.07 Å². The summed E-state index contributed by atoms with van der Waals surface area (Å²) in [7, 11) is 0. The average molecular weight is 303 g/mol.